The van der Waals surface area contributed by atoms with Crippen molar-refractivity contribution in [1.29, 1.82) is 0 Å². The molecule has 0 aliphatic heterocycles. The van der Waals surface area contributed by atoms with Crippen molar-refractivity contribution >= 4 is 5.91 Å². The van der Waals surface area contributed by atoms with Crippen molar-refractivity contribution in [3.8, 4) is 0 Å². The number of nitrogens with two attached hydrogens (primary N) is 1. The monoisotopic (exact) mass is 212 g/mol. The van der Waals surface area contributed by atoms with E-state index >= 15 is 0 Å². The molecule has 0 aromatic heterocycles. The molecule has 3 nitrogen and oxygen atoms in total. The molecule has 0 bridgehead atoms. The zero-order chi connectivity index (χ0) is 12.1. The van der Waals surface area contributed by atoms with Crippen LogP contribution < -0.4 is 11.1 Å². The summed E-state index contributed by atoms with van der Waals surface area (Å²) in [4.78, 5) is 11.5. The van der Waals surface area contributed by atoms with Crippen LogP contribution in [-0.4, -0.2) is 17.5 Å². The van der Waals surface area contributed by atoms with Crippen LogP contribution in [0.2, 0.25) is 0 Å². The maximum absolute atomic E-state index is 11.5. The summed E-state index contributed by atoms with van der Waals surface area (Å²) in [6.07, 6.45) is 2.56. The first-order valence-electron chi connectivity index (χ1n) is 5.66. The summed E-state index contributed by atoms with van der Waals surface area (Å²) in [7, 11) is 0. The molecule has 0 aliphatic rings. The molecule has 1 unspecified atom stereocenters. The third-order valence-corrected chi connectivity index (χ3v) is 3.11. The summed E-state index contributed by atoms with van der Waals surface area (Å²) in [5, 5.41) is 2.95. The summed E-state index contributed by atoms with van der Waals surface area (Å²) in [6.45, 7) is 11.5. The SMILES string of the molecule is C=C(C)C(=O)NC(CC)C(N)(CC)CC. The van der Waals surface area contributed by atoms with Gasteiger partial charge in [0.1, 0.15) is 0 Å². The van der Waals surface area contributed by atoms with E-state index in [1.54, 1.807) is 6.92 Å². The van der Waals surface area contributed by atoms with E-state index in [4.69, 9.17) is 5.73 Å². The number of carbonyl (C=O) groups is 1. The Kier molecular flexibility index (Phi) is 5.58. The van der Waals surface area contributed by atoms with E-state index in [1.165, 1.54) is 0 Å². The molecule has 1 amide bonds. The fourth-order valence-electron chi connectivity index (χ4n) is 1.68. The Morgan fingerprint density at radius 2 is 1.87 bits per heavy atom. The first-order chi connectivity index (χ1) is 6.91. The molecule has 0 radical (unpaired) electrons. The van der Waals surface area contributed by atoms with Crippen LogP contribution in [0.4, 0.5) is 0 Å². The van der Waals surface area contributed by atoms with Crippen LogP contribution in [-0.2, 0) is 4.79 Å². The zero-order valence-electron chi connectivity index (χ0n) is 10.4. The average molecular weight is 212 g/mol. The number of carbonyl (C=O) groups excluding carboxylic acids is 1. The molecule has 0 aromatic carbocycles. The molecule has 0 aromatic rings. The van der Waals surface area contributed by atoms with E-state index < -0.39 is 0 Å². The van der Waals surface area contributed by atoms with Crippen LogP contribution in [0.1, 0.15) is 47.0 Å². The van der Waals surface area contributed by atoms with Crippen molar-refractivity contribution in [3.63, 3.8) is 0 Å². The minimum atomic E-state index is -0.306. The second-order valence-corrected chi connectivity index (χ2v) is 4.15. The molecule has 0 aliphatic carbocycles. The maximum atomic E-state index is 11.5. The maximum Gasteiger partial charge on any atom is 0.246 e. The topological polar surface area (TPSA) is 55.1 Å². The predicted molar refractivity (Wildman–Crippen MR) is 64.5 cm³/mol. The van der Waals surface area contributed by atoms with Crippen molar-refractivity contribution < 1.29 is 4.79 Å². The highest BCUT2D eigenvalue weighted by Crippen LogP contribution is 2.19. The highest BCUT2D eigenvalue weighted by atomic mass is 16.1. The van der Waals surface area contributed by atoms with Gasteiger partial charge in [-0.2, -0.15) is 0 Å². The fourth-order valence-corrected chi connectivity index (χ4v) is 1.68. The molecule has 0 saturated carbocycles. The Balaban J connectivity index is 4.61. The smallest absolute Gasteiger partial charge is 0.246 e. The second-order valence-electron chi connectivity index (χ2n) is 4.15. The summed E-state index contributed by atoms with van der Waals surface area (Å²) in [5.74, 6) is -0.0985. The summed E-state index contributed by atoms with van der Waals surface area (Å²) < 4.78 is 0. The van der Waals surface area contributed by atoms with E-state index in [0.29, 0.717) is 5.57 Å². The molecule has 0 fully saturated rings. The molecule has 0 spiro atoms. The van der Waals surface area contributed by atoms with Gasteiger partial charge >= 0.3 is 0 Å². The van der Waals surface area contributed by atoms with Gasteiger partial charge in [0, 0.05) is 17.2 Å². The molecule has 0 rings (SSSR count). The lowest BCUT2D eigenvalue weighted by Gasteiger charge is -2.36. The van der Waals surface area contributed by atoms with Crippen molar-refractivity contribution in [2.24, 2.45) is 5.73 Å². The first-order valence-corrected chi connectivity index (χ1v) is 5.66. The minimum Gasteiger partial charge on any atom is -0.348 e. The number of nitrogens with one attached hydrogen (secondary N) is 1. The quantitative estimate of drug-likeness (QED) is 0.661. The summed E-state index contributed by atoms with van der Waals surface area (Å²) >= 11 is 0. The number of hydrogen-bond donors (Lipinski definition) is 2. The van der Waals surface area contributed by atoms with Gasteiger partial charge in [0.2, 0.25) is 5.91 Å². The largest absolute Gasteiger partial charge is 0.348 e. The van der Waals surface area contributed by atoms with Gasteiger partial charge in [-0.25, -0.2) is 0 Å². The summed E-state index contributed by atoms with van der Waals surface area (Å²) in [6, 6.07) is 0.0247. The zero-order valence-corrected chi connectivity index (χ0v) is 10.4. The van der Waals surface area contributed by atoms with Gasteiger partial charge in [-0.1, -0.05) is 27.4 Å². The summed E-state index contributed by atoms with van der Waals surface area (Å²) in [5.41, 5.74) is 6.48. The fraction of sp³-hybridized carbons (Fsp3) is 0.750. The van der Waals surface area contributed by atoms with Crippen LogP contribution in [0.3, 0.4) is 0 Å². The van der Waals surface area contributed by atoms with Crippen molar-refractivity contribution in [2.45, 2.75) is 58.5 Å². The van der Waals surface area contributed by atoms with E-state index in [-0.39, 0.29) is 17.5 Å². The molecule has 15 heavy (non-hydrogen) atoms. The van der Waals surface area contributed by atoms with Crippen LogP contribution in [0.5, 0.6) is 0 Å². The molecule has 3 N–H and O–H groups in total. The molecule has 88 valence electrons. The van der Waals surface area contributed by atoms with Gasteiger partial charge < -0.3 is 11.1 Å². The van der Waals surface area contributed by atoms with Crippen molar-refractivity contribution in [1.82, 2.24) is 5.32 Å². The lowest BCUT2D eigenvalue weighted by atomic mass is 9.84. The Morgan fingerprint density at radius 1 is 1.40 bits per heavy atom. The standard InChI is InChI=1S/C12H24N2O/c1-6-10(12(13,7-2)8-3)14-11(15)9(4)5/h10H,4,6-8,13H2,1-3,5H3,(H,14,15). The van der Waals surface area contributed by atoms with Gasteiger partial charge in [0.05, 0.1) is 0 Å². The van der Waals surface area contributed by atoms with Crippen LogP contribution in [0.15, 0.2) is 12.2 Å². The Labute approximate surface area is 93.1 Å². The Hall–Kier alpha value is -0.830. The third-order valence-electron chi connectivity index (χ3n) is 3.11. The third kappa shape index (κ3) is 3.67. The van der Waals surface area contributed by atoms with Crippen molar-refractivity contribution in [3.05, 3.63) is 12.2 Å². The van der Waals surface area contributed by atoms with E-state index in [9.17, 15) is 4.79 Å². The van der Waals surface area contributed by atoms with Gasteiger partial charge in [0.25, 0.3) is 0 Å². The molecular formula is C12H24N2O. The predicted octanol–water partition coefficient (Wildman–Crippen LogP) is 1.97. The van der Waals surface area contributed by atoms with Gasteiger partial charge in [-0.05, 0) is 26.2 Å². The van der Waals surface area contributed by atoms with E-state index in [0.717, 1.165) is 19.3 Å². The Morgan fingerprint density at radius 3 is 2.13 bits per heavy atom. The van der Waals surface area contributed by atoms with Crippen LogP contribution in [0.25, 0.3) is 0 Å². The van der Waals surface area contributed by atoms with E-state index in [2.05, 4.69) is 25.7 Å². The van der Waals surface area contributed by atoms with Gasteiger partial charge in [-0.15, -0.1) is 0 Å². The molecule has 1 atom stereocenters. The number of hydrogen-bond acceptors (Lipinski definition) is 2. The lowest BCUT2D eigenvalue weighted by molar-refractivity contribution is -0.118. The highest BCUT2D eigenvalue weighted by Gasteiger charge is 2.31. The highest BCUT2D eigenvalue weighted by molar-refractivity contribution is 5.92. The minimum absolute atomic E-state index is 0.0247. The lowest BCUT2D eigenvalue weighted by Crippen LogP contribution is -2.57. The van der Waals surface area contributed by atoms with Crippen molar-refractivity contribution in [2.75, 3.05) is 0 Å². The molecule has 0 saturated heterocycles. The molecular weight excluding hydrogens is 188 g/mol. The number of amides is 1. The molecule has 0 heterocycles. The first kappa shape index (κ1) is 14.2. The second kappa shape index (κ2) is 5.91. The van der Waals surface area contributed by atoms with Gasteiger partial charge in [0.15, 0.2) is 0 Å². The number of rotatable bonds is 6. The average Bonchev–Trinajstić information content (AvgIpc) is 2.24. The van der Waals surface area contributed by atoms with Gasteiger partial charge in [-0.3, -0.25) is 4.79 Å². The van der Waals surface area contributed by atoms with Crippen LogP contribution in [0, 0.1) is 0 Å². The molecule has 3 heteroatoms. The van der Waals surface area contributed by atoms with E-state index in [1.807, 2.05) is 6.92 Å². The Bertz CT molecular complexity index is 232. The normalized spacial score (nSPS) is 13.4. The van der Waals surface area contributed by atoms with Crippen LogP contribution >= 0.6 is 0 Å².